The molecule has 3 aromatic heterocycles. The van der Waals surface area contributed by atoms with Crippen molar-refractivity contribution in [3.8, 4) is 50.2 Å². The summed E-state index contributed by atoms with van der Waals surface area (Å²) in [6.07, 6.45) is 0. The van der Waals surface area contributed by atoms with Crippen LogP contribution in [0.25, 0.3) is 116 Å². The summed E-state index contributed by atoms with van der Waals surface area (Å²) in [5, 5.41) is 6.87. The minimum atomic E-state index is -0.121. The quantitative estimate of drug-likeness (QED) is 0.161. The Morgan fingerprint density at radius 1 is 0.324 bits per heavy atom. The zero-order valence-corrected chi connectivity index (χ0v) is 38.3. The molecule has 71 heavy (non-hydrogen) atoms. The third-order valence-electron chi connectivity index (χ3n) is 15.4. The van der Waals surface area contributed by atoms with E-state index in [1.165, 1.54) is 43.8 Å². The van der Waals surface area contributed by atoms with Gasteiger partial charge in [-0.1, -0.05) is 188 Å². The normalized spacial score (nSPS) is 12.7. The summed E-state index contributed by atoms with van der Waals surface area (Å²) < 4.78 is 16.4. The molecule has 328 valence electrons. The van der Waals surface area contributed by atoms with E-state index in [9.17, 15) is 0 Å². The summed E-state index contributed by atoms with van der Waals surface area (Å²) in [6.45, 7) is -0.121. The van der Waals surface area contributed by atoms with Gasteiger partial charge in [0.1, 0.15) is 22.3 Å². The van der Waals surface area contributed by atoms with E-state index >= 15 is 0 Å². The molecular formula is C66H39BN2O2. The molecule has 0 aliphatic carbocycles. The zero-order chi connectivity index (χ0) is 46.3. The minimum Gasteiger partial charge on any atom is -0.456 e. The first kappa shape index (κ1) is 38.6. The van der Waals surface area contributed by atoms with Gasteiger partial charge in [0.15, 0.2) is 0 Å². The summed E-state index contributed by atoms with van der Waals surface area (Å²) in [5.74, 6) is 0. The van der Waals surface area contributed by atoms with Gasteiger partial charge < -0.3 is 18.3 Å². The molecule has 5 heterocycles. The third kappa shape index (κ3) is 5.46. The van der Waals surface area contributed by atoms with Crippen LogP contribution in [-0.4, -0.2) is 11.3 Å². The lowest BCUT2D eigenvalue weighted by molar-refractivity contribution is 0.669. The topological polar surface area (TPSA) is 34.5 Å². The molecule has 0 saturated carbocycles. The van der Waals surface area contributed by atoms with Gasteiger partial charge in [-0.05, 0) is 92.7 Å². The number of benzene rings is 11. The van der Waals surface area contributed by atoms with Crippen LogP contribution in [0, 0.1) is 0 Å². The van der Waals surface area contributed by atoms with Crippen molar-refractivity contribution in [3.63, 3.8) is 0 Å². The van der Waals surface area contributed by atoms with Crippen molar-refractivity contribution in [1.29, 1.82) is 0 Å². The number of hydrogen-bond acceptors (Lipinski definition) is 3. The molecule has 0 atom stereocenters. The van der Waals surface area contributed by atoms with Crippen LogP contribution >= 0.6 is 0 Å². The van der Waals surface area contributed by atoms with Crippen molar-refractivity contribution in [2.75, 3.05) is 4.90 Å². The second-order valence-electron chi connectivity index (χ2n) is 19.1. The van der Waals surface area contributed by atoms with E-state index in [1.54, 1.807) is 0 Å². The van der Waals surface area contributed by atoms with Crippen LogP contribution < -0.4 is 21.3 Å². The van der Waals surface area contributed by atoms with Crippen molar-refractivity contribution in [3.05, 3.63) is 237 Å². The van der Waals surface area contributed by atoms with Gasteiger partial charge >= 0.3 is 0 Å². The second-order valence-corrected chi connectivity index (χ2v) is 19.1. The highest BCUT2D eigenvalue weighted by molar-refractivity contribution is 7.00. The SMILES string of the molecule is c1ccc(-c2ccc3oc4cc5c(cc4c3c2)N(c2c(-c3ccccc3)cccc2-c2ccccc2)c2cc(-c3cccc4c3oc3ccccc34)cc3c2B5c2cccc4c5ccccc5n-3c24)cc1. The van der Waals surface area contributed by atoms with Crippen LogP contribution in [0.15, 0.2) is 245 Å². The van der Waals surface area contributed by atoms with E-state index in [4.69, 9.17) is 8.83 Å². The molecular weight excluding hydrogens is 864 g/mol. The molecule has 2 aliphatic rings. The molecule has 11 aromatic carbocycles. The van der Waals surface area contributed by atoms with Crippen LogP contribution in [-0.2, 0) is 0 Å². The standard InChI is InChI=1S/C66H39BN2O2/c1-4-17-40(18-5-1)43-33-34-61-52(35-43)53-38-57-55(39-62(53)70-61)67-54-30-16-28-50-48-23-10-12-31-56(48)68(65(50)54)58-36-44(47-27-15-29-51-49-24-11-13-32-60(49)71-66(47)51)37-59(63(58)67)69(57)64-45(41-19-6-2-7-20-41)25-14-26-46(64)42-21-8-3-9-22-42/h1-39H. The number of rotatable bonds is 5. The van der Waals surface area contributed by atoms with Gasteiger partial charge in [0.2, 0.25) is 0 Å². The van der Waals surface area contributed by atoms with Crippen LogP contribution in [0.2, 0.25) is 0 Å². The van der Waals surface area contributed by atoms with Crippen molar-refractivity contribution in [2.24, 2.45) is 0 Å². The Bertz CT molecular complexity index is 4470. The lowest BCUT2D eigenvalue weighted by Crippen LogP contribution is -2.60. The molecule has 0 radical (unpaired) electrons. The molecule has 0 spiro atoms. The maximum absolute atomic E-state index is 6.96. The van der Waals surface area contributed by atoms with E-state index < -0.39 is 0 Å². The Kier molecular flexibility index (Phi) is 7.94. The predicted octanol–water partition coefficient (Wildman–Crippen LogP) is 15.9. The van der Waals surface area contributed by atoms with E-state index in [1.807, 2.05) is 0 Å². The van der Waals surface area contributed by atoms with Gasteiger partial charge in [0.05, 0.1) is 11.2 Å². The lowest BCUT2D eigenvalue weighted by Gasteiger charge is -2.42. The molecule has 0 amide bonds. The Hall–Kier alpha value is -9.32. The summed E-state index contributed by atoms with van der Waals surface area (Å²) in [6, 6.07) is 86.4. The van der Waals surface area contributed by atoms with E-state index in [-0.39, 0.29) is 6.71 Å². The molecule has 5 heteroatoms. The number of nitrogens with zero attached hydrogens (tertiary/aromatic N) is 2. The Labute approximate surface area is 408 Å². The van der Waals surface area contributed by atoms with Gasteiger partial charge in [-0.2, -0.15) is 0 Å². The fourth-order valence-electron chi connectivity index (χ4n) is 12.3. The van der Waals surface area contributed by atoms with E-state index in [0.717, 1.165) is 106 Å². The first-order chi connectivity index (χ1) is 35.2. The summed E-state index contributed by atoms with van der Waals surface area (Å²) in [4.78, 5) is 2.60. The molecule has 0 saturated heterocycles. The molecule has 0 bridgehead atoms. The van der Waals surface area contributed by atoms with Crippen LogP contribution in [0.5, 0.6) is 0 Å². The average molecular weight is 903 g/mol. The summed E-state index contributed by atoms with van der Waals surface area (Å²) in [5.41, 5.74) is 23.2. The Morgan fingerprint density at radius 3 is 1.72 bits per heavy atom. The van der Waals surface area contributed by atoms with Gasteiger partial charge in [-0.15, -0.1) is 0 Å². The average Bonchev–Trinajstić information content (AvgIpc) is 4.12. The van der Waals surface area contributed by atoms with Crippen LogP contribution in [0.3, 0.4) is 0 Å². The molecule has 4 nitrogen and oxygen atoms in total. The smallest absolute Gasteiger partial charge is 0.252 e. The number of para-hydroxylation sites is 5. The fraction of sp³-hybridized carbons (Fsp3) is 0. The largest absolute Gasteiger partial charge is 0.456 e. The van der Waals surface area contributed by atoms with Gasteiger partial charge in [0, 0.05) is 71.6 Å². The van der Waals surface area contributed by atoms with Gasteiger partial charge in [-0.25, -0.2) is 0 Å². The molecule has 0 unspecified atom stereocenters. The number of fused-ring (bicyclic) bond motifs is 13. The van der Waals surface area contributed by atoms with Crippen molar-refractivity contribution in [1.82, 2.24) is 4.57 Å². The number of aromatic nitrogens is 1. The predicted molar refractivity (Wildman–Crippen MR) is 296 cm³/mol. The number of hydrogen-bond donors (Lipinski definition) is 0. The molecule has 14 aromatic rings. The maximum atomic E-state index is 6.96. The van der Waals surface area contributed by atoms with Crippen molar-refractivity contribution >= 4 is 106 Å². The van der Waals surface area contributed by atoms with Crippen LogP contribution in [0.1, 0.15) is 0 Å². The first-order valence-corrected chi connectivity index (χ1v) is 24.4. The zero-order valence-electron chi connectivity index (χ0n) is 38.3. The van der Waals surface area contributed by atoms with Crippen LogP contribution in [0.4, 0.5) is 17.1 Å². The Morgan fingerprint density at radius 2 is 0.930 bits per heavy atom. The molecule has 2 aliphatic heterocycles. The Balaban J connectivity index is 1.09. The van der Waals surface area contributed by atoms with Gasteiger partial charge in [0.25, 0.3) is 6.71 Å². The lowest BCUT2D eigenvalue weighted by atomic mass is 9.33. The van der Waals surface area contributed by atoms with Crippen molar-refractivity contribution < 1.29 is 8.83 Å². The van der Waals surface area contributed by atoms with E-state index in [2.05, 4.69) is 246 Å². The molecule has 0 fully saturated rings. The molecule has 16 rings (SSSR count). The summed E-state index contributed by atoms with van der Waals surface area (Å²) in [7, 11) is 0. The molecule has 0 N–H and O–H groups in total. The fourth-order valence-corrected chi connectivity index (χ4v) is 12.3. The van der Waals surface area contributed by atoms with Crippen molar-refractivity contribution in [2.45, 2.75) is 0 Å². The highest BCUT2D eigenvalue weighted by Gasteiger charge is 2.44. The number of anilines is 3. The highest BCUT2D eigenvalue weighted by Crippen LogP contribution is 2.51. The third-order valence-corrected chi connectivity index (χ3v) is 15.4. The highest BCUT2D eigenvalue weighted by atomic mass is 16.3. The number of furan rings is 2. The monoisotopic (exact) mass is 902 g/mol. The minimum absolute atomic E-state index is 0.121. The first-order valence-electron chi connectivity index (χ1n) is 24.4. The van der Waals surface area contributed by atoms with E-state index in [0.29, 0.717) is 0 Å². The van der Waals surface area contributed by atoms with Gasteiger partial charge in [-0.3, -0.25) is 0 Å². The summed E-state index contributed by atoms with van der Waals surface area (Å²) >= 11 is 0. The maximum Gasteiger partial charge on any atom is 0.252 e. The second kappa shape index (κ2) is 14.6.